The summed E-state index contributed by atoms with van der Waals surface area (Å²) in [7, 11) is -4.64. The highest BCUT2D eigenvalue weighted by Gasteiger charge is 2.28. The molecule has 0 spiro atoms. The summed E-state index contributed by atoms with van der Waals surface area (Å²) in [5.74, 6) is -2.99. The first kappa shape index (κ1) is 39.1. The Morgan fingerprint density at radius 3 is 1.45 bits per heavy atom. The van der Waals surface area contributed by atoms with Crippen molar-refractivity contribution in [2.45, 2.75) is 64.2 Å². The number of carbonyl (C=O) groups is 2. The highest BCUT2D eigenvalue weighted by Crippen LogP contribution is 2.26. The molecule has 0 saturated carbocycles. The van der Waals surface area contributed by atoms with Crippen LogP contribution in [0, 0.1) is 0 Å². The lowest BCUT2D eigenvalue weighted by Crippen LogP contribution is -2.51. The third kappa shape index (κ3) is 15.4. The topological polar surface area (TPSA) is 179 Å². The maximum atomic E-state index is 10.8. The minimum Gasteiger partial charge on any atom is -0.478 e. The SMILES string of the molecule is CCCC[N+](CCCC)(CCCC)c1ccccc1.O=C(O)c1cc(C(=O)O)cc(S(=O)(=O)O)c1.OCCOCCO. The van der Waals surface area contributed by atoms with Gasteiger partial charge in [0.15, 0.2) is 0 Å². The van der Waals surface area contributed by atoms with E-state index in [9.17, 15) is 18.0 Å². The van der Waals surface area contributed by atoms with Crippen LogP contribution in [-0.2, 0) is 14.9 Å². The fourth-order valence-corrected chi connectivity index (χ4v) is 4.63. The molecular weight excluding hydrogens is 566 g/mol. The Labute approximate surface area is 249 Å². The van der Waals surface area contributed by atoms with Crippen LogP contribution < -0.4 is 4.48 Å². The molecule has 0 amide bonds. The van der Waals surface area contributed by atoms with E-state index < -0.39 is 38.1 Å². The Hall–Kier alpha value is -2.87. The van der Waals surface area contributed by atoms with Crippen LogP contribution >= 0.6 is 0 Å². The monoisotopic (exact) mass is 614 g/mol. The van der Waals surface area contributed by atoms with E-state index in [0.717, 1.165) is 6.07 Å². The standard InChI is InChI=1S/C18H32N.C8H6O7S.C4H10O3/c1-4-7-15-19(16-8-5-2,17-9-6-3)18-13-11-10-12-14-18;9-7(10)4-1-5(8(11)12)3-6(2-4)16(13,14)15;5-1-3-7-4-2-6/h10-14H,4-9,15-17H2,1-3H3;1-3H,(H,9,10)(H,11,12)(H,13,14,15);5-6H,1-4H2/q+1;;. The molecule has 0 aliphatic rings. The second kappa shape index (κ2) is 21.8. The number of aliphatic hydroxyl groups excluding tert-OH is 2. The van der Waals surface area contributed by atoms with Gasteiger partial charge in [0.2, 0.25) is 0 Å². The van der Waals surface area contributed by atoms with Gasteiger partial charge < -0.3 is 25.2 Å². The van der Waals surface area contributed by atoms with Gasteiger partial charge in [-0.2, -0.15) is 8.42 Å². The number of aliphatic hydroxyl groups is 2. The lowest BCUT2D eigenvalue weighted by Gasteiger charge is -2.38. The van der Waals surface area contributed by atoms with E-state index in [-0.39, 0.29) is 13.2 Å². The molecule has 238 valence electrons. The van der Waals surface area contributed by atoms with Crippen LogP contribution in [0.4, 0.5) is 5.69 Å². The van der Waals surface area contributed by atoms with Gasteiger partial charge >= 0.3 is 11.9 Å². The molecule has 5 N–H and O–H groups in total. The molecule has 42 heavy (non-hydrogen) atoms. The number of hydrogen-bond acceptors (Lipinski definition) is 7. The molecular formula is C30H48NO10S+. The summed E-state index contributed by atoms with van der Waals surface area (Å²) in [5, 5.41) is 33.4. The van der Waals surface area contributed by atoms with Gasteiger partial charge in [-0.25, -0.2) is 9.59 Å². The molecule has 0 fully saturated rings. The largest absolute Gasteiger partial charge is 0.478 e. The van der Waals surface area contributed by atoms with Crippen LogP contribution in [0.15, 0.2) is 53.4 Å². The molecule has 0 saturated heterocycles. The van der Waals surface area contributed by atoms with Crippen molar-refractivity contribution < 1.29 is 47.7 Å². The first-order valence-electron chi connectivity index (χ1n) is 14.2. The lowest BCUT2D eigenvalue weighted by atomic mass is 10.1. The maximum Gasteiger partial charge on any atom is 0.335 e. The van der Waals surface area contributed by atoms with E-state index in [1.54, 1.807) is 0 Å². The van der Waals surface area contributed by atoms with Crippen LogP contribution in [0.3, 0.4) is 0 Å². The number of carboxylic acid groups (broad SMARTS) is 2. The van der Waals surface area contributed by atoms with Gasteiger partial charge in [0.05, 0.1) is 62.1 Å². The van der Waals surface area contributed by atoms with Crippen molar-refractivity contribution in [1.29, 1.82) is 0 Å². The van der Waals surface area contributed by atoms with Crippen molar-refractivity contribution in [1.82, 2.24) is 4.48 Å². The predicted molar refractivity (Wildman–Crippen MR) is 163 cm³/mol. The molecule has 11 nitrogen and oxygen atoms in total. The Morgan fingerprint density at radius 2 is 1.14 bits per heavy atom. The average molecular weight is 615 g/mol. The number of para-hydroxylation sites is 1. The molecule has 0 radical (unpaired) electrons. The number of quaternary nitrogens is 1. The summed E-state index contributed by atoms with van der Waals surface area (Å²) in [6.45, 7) is 11.5. The number of hydrogen-bond donors (Lipinski definition) is 5. The van der Waals surface area contributed by atoms with Gasteiger partial charge in [0, 0.05) is 0 Å². The number of nitrogens with zero attached hydrogens (tertiary/aromatic N) is 1. The quantitative estimate of drug-likeness (QED) is 0.0952. The number of aromatic carboxylic acids is 2. The van der Waals surface area contributed by atoms with Crippen LogP contribution in [0.1, 0.15) is 80.0 Å². The third-order valence-corrected chi connectivity index (χ3v) is 7.12. The summed E-state index contributed by atoms with van der Waals surface area (Å²) in [6, 6.07) is 13.3. The number of ether oxygens (including phenoxy) is 1. The minimum atomic E-state index is -4.64. The van der Waals surface area contributed by atoms with Crippen LogP contribution in [0.5, 0.6) is 0 Å². The van der Waals surface area contributed by atoms with E-state index in [1.807, 2.05) is 0 Å². The first-order chi connectivity index (χ1) is 19.9. The van der Waals surface area contributed by atoms with Crippen molar-refractivity contribution in [2.75, 3.05) is 46.1 Å². The van der Waals surface area contributed by atoms with Crippen LogP contribution in [0.2, 0.25) is 0 Å². The van der Waals surface area contributed by atoms with E-state index in [2.05, 4.69) is 55.8 Å². The molecule has 0 aliphatic heterocycles. The zero-order chi connectivity index (χ0) is 32.0. The van der Waals surface area contributed by atoms with Gasteiger partial charge in [-0.1, -0.05) is 58.2 Å². The minimum absolute atomic E-state index is 0.0278. The molecule has 0 heterocycles. The Morgan fingerprint density at radius 1 is 0.738 bits per heavy atom. The van der Waals surface area contributed by atoms with Crippen molar-refractivity contribution in [3.05, 3.63) is 59.7 Å². The van der Waals surface area contributed by atoms with Crippen molar-refractivity contribution in [3.8, 4) is 0 Å². The van der Waals surface area contributed by atoms with Gasteiger partial charge in [-0.15, -0.1) is 0 Å². The maximum absolute atomic E-state index is 10.8. The van der Waals surface area contributed by atoms with E-state index in [4.69, 9.17) is 25.0 Å². The number of carboxylic acids is 2. The molecule has 0 atom stereocenters. The van der Waals surface area contributed by atoms with Gasteiger partial charge in [0.25, 0.3) is 10.1 Å². The lowest BCUT2D eigenvalue weighted by molar-refractivity contribution is 0.0650. The third-order valence-electron chi connectivity index (χ3n) is 6.29. The summed E-state index contributed by atoms with van der Waals surface area (Å²) >= 11 is 0. The van der Waals surface area contributed by atoms with Crippen molar-refractivity contribution in [2.24, 2.45) is 0 Å². The number of benzene rings is 2. The summed E-state index contributed by atoms with van der Waals surface area (Å²) in [5.41, 5.74) is 0.456. The molecule has 0 bridgehead atoms. The van der Waals surface area contributed by atoms with E-state index in [1.165, 1.54) is 68.3 Å². The summed E-state index contributed by atoms with van der Waals surface area (Å²) in [6.07, 6.45) is 7.90. The smallest absolute Gasteiger partial charge is 0.335 e. The fraction of sp³-hybridized carbons (Fsp3) is 0.533. The van der Waals surface area contributed by atoms with Crippen LogP contribution in [-0.4, -0.2) is 91.4 Å². The number of rotatable bonds is 17. The van der Waals surface area contributed by atoms with Gasteiger partial charge in [-0.05, 0) is 49.6 Å². The van der Waals surface area contributed by atoms with E-state index in [0.29, 0.717) is 25.3 Å². The summed E-state index contributed by atoms with van der Waals surface area (Å²) in [4.78, 5) is 20.4. The molecule has 0 aromatic heterocycles. The highest BCUT2D eigenvalue weighted by molar-refractivity contribution is 7.85. The zero-order valence-corrected chi connectivity index (χ0v) is 25.8. The predicted octanol–water partition coefficient (Wildman–Crippen LogP) is 4.71. The van der Waals surface area contributed by atoms with Gasteiger partial charge in [-0.3, -0.25) is 9.04 Å². The molecule has 12 heteroatoms. The molecule has 0 unspecified atom stereocenters. The highest BCUT2D eigenvalue weighted by atomic mass is 32.2. The zero-order valence-electron chi connectivity index (χ0n) is 24.9. The van der Waals surface area contributed by atoms with Crippen molar-refractivity contribution in [3.63, 3.8) is 0 Å². The Balaban J connectivity index is 0.000000661. The number of unbranched alkanes of at least 4 members (excludes halogenated alkanes) is 3. The Kier molecular flexibility index (Phi) is 20.3. The molecule has 2 aromatic carbocycles. The fourth-order valence-electron chi connectivity index (χ4n) is 4.08. The second-order valence-electron chi connectivity index (χ2n) is 9.60. The second-order valence-corrected chi connectivity index (χ2v) is 11.0. The molecule has 2 aromatic rings. The Bertz CT molecular complexity index is 1080. The first-order valence-corrected chi connectivity index (χ1v) is 15.7. The van der Waals surface area contributed by atoms with E-state index >= 15 is 0 Å². The molecule has 0 aliphatic carbocycles. The van der Waals surface area contributed by atoms with Crippen molar-refractivity contribution >= 4 is 27.7 Å². The van der Waals surface area contributed by atoms with Gasteiger partial charge in [0.1, 0.15) is 5.69 Å². The van der Waals surface area contributed by atoms with Crippen LogP contribution in [0.25, 0.3) is 0 Å². The summed E-state index contributed by atoms with van der Waals surface area (Å²) < 4.78 is 36.0. The average Bonchev–Trinajstić information content (AvgIpc) is 2.97. The normalized spacial score (nSPS) is 11.1. The molecule has 2 rings (SSSR count).